The lowest BCUT2D eigenvalue weighted by Crippen LogP contribution is -2.41. The number of thioether (sulfide) groups is 1. The summed E-state index contributed by atoms with van der Waals surface area (Å²) in [5.41, 5.74) is 0. The Bertz CT molecular complexity index is 675. The highest BCUT2D eigenvalue weighted by Crippen LogP contribution is 2.20. The molecule has 1 aromatic rings. The van der Waals surface area contributed by atoms with Gasteiger partial charge in [0.05, 0.1) is 0 Å². The van der Waals surface area contributed by atoms with Crippen molar-refractivity contribution in [3.05, 3.63) is 18.5 Å². The summed E-state index contributed by atoms with van der Waals surface area (Å²) in [5, 5.41) is 22.9. The molecule has 27 heavy (non-hydrogen) atoms. The van der Waals surface area contributed by atoms with Gasteiger partial charge < -0.3 is 25.4 Å². The largest absolute Gasteiger partial charge is 0.480 e. The number of nitrogens with one attached hydrogen (secondary N) is 2. The molecule has 2 amide bonds. The number of nitrogens with zero attached hydrogens (tertiary/aromatic N) is 1. The quantitative estimate of drug-likeness (QED) is 0.303. The van der Waals surface area contributed by atoms with E-state index in [0.717, 1.165) is 11.3 Å². The van der Waals surface area contributed by atoms with Gasteiger partial charge in [-0.15, -0.1) is 11.8 Å². The minimum atomic E-state index is -1.08. The van der Waals surface area contributed by atoms with Gasteiger partial charge in [0.15, 0.2) is 0 Å². The Kier molecular flexibility index (Phi) is 9.41. The first-order valence-corrected chi connectivity index (χ1v) is 9.46. The maximum absolute atomic E-state index is 11.1. The molecular weight excluding hydrogens is 374 g/mol. The zero-order valence-electron chi connectivity index (χ0n) is 15.3. The van der Waals surface area contributed by atoms with Gasteiger partial charge in [0, 0.05) is 43.4 Å². The lowest BCUT2D eigenvalue weighted by atomic mass is 10.1. The Morgan fingerprint density at radius 1 is 1.04 bits per heavy atom. The molecule has 2 atom stereocenters. The van der Waals surface area contributed by atoms with Crippen LogP contribution in [0.3, 0.4) is 0 Å². The van der Waals surface area contributed by atoms with E-state index in [2.05, 4.69) is 10.6 Å². The average Bonchev–Trinajstić information content (AvgIpc) is 3.01. The van der Waals surface area contributed by atoms with Crippen LogP contribution < -0.4 is 10.6 Å². The number of rotatable bonds is 12. The molecule has 9 nitrogen and oxygen atoms in total. The van der Waals surface area contributed by atoms with E-state index < -0.39 is 24.0 Å². The van der Waals surface area contributed by atoms with Gasteiger partial charge in [-0.05, 0) is 25.3 Å². The summed E-state index contributed by atoms with van der Waals surface area (Å²) in [6.45, 7) is 3.24. The highest BCUT2D eigenvalue weighted by Gasteiger charge is 2.19. The van der Waals surface area contributed by atoms with E-state index in [1.165, 1.54) is 25.6 Å². The summed E-state index contributed by atoms with van der Waals surface area (Å²) in [4.78, 5) is 45.0. The third-order valence-electron chi connectivity index (χ3n) is 3.65. The van der Waals surface area contributed by atoms with E-state index in [-0.39, 0.29) is 17.6 Å². The highest BCUT2D eigenvalue weighted by atomic mass is 32.2. The molecule has 1 aromatic heterocycles. The summed E-state index contributed by atoms with van der Waals surface area (Å²) < 4.78 is 1.94. The van der Waals surface area contributed by atoms with Crippen LogP contribution in [0.2, 0.25) is 0 Å². The maximum Gasteiger partial charge on any atom is 0.327 e. The third-order valence-corrected chi connectivity index (χ3v) is 4.73. The van der Waals surface area contributed by atoms with Gasteiger partial charge in [-0.2, -0.15) is 0 Å². The number of unbranched alkanes of at least 4 members (excludes halogenated alkanes) is 1. The summed E-state index contributed by atoms with van der Waals surface area (Å²) in [6.07, 6.45) is 5.47. The van der Waals surface area contributed by atoms with Gasteiger partial charge >= 0.3 is 11.9 Å². The molecule has 0 spiro atoms. The first kappa shape index (κ1) is 22.6. The van der Waals surface area contributed by atoms with Gasteiger partial charge in [-0.1, -0.05) is 0 Å². The van der Waals surface area contributed by atoms with E-state index in [4.69, 9.17) is 10.2 Å². The molecule has 0 aliphatic heterocycles. The molecule has 150 valence electrons. The van der Waals surface area contributed by atoms with Crippen molar-refractivity contribution in [3.8, 4) is 0 Å². The number of aliphatic carboxylic acids is 2. The third kappa shape index (κ3) is 9.13. The lowest BCUT2D eigenvalue weighted by molar-refractivity contribution is -0.141. The summed E-state index contributed by atoms with van der Waals surface area (Å²) in [6, 6.07) is 0.0342. The normalized spacial score (nSPS) is 12.8. The van der Waals surface area contributed by atoms with Gasteiger partial charge in [-0.3, -0.25) is 9.59 Å². The van der Waals surface area contributed by atoms with E-state index in [1.807, 2.05) is 23.0 Å². The van der Waals surface area contributed by atoms with Crippen LogP contribution in [-0.2, 0) is 25.7 Å². The van der Waals surface area contributed by atoms with Crippen LogP contribution in [-0.4, -0.2) is 56.4 Å². The Morgan fingerprint density at radius 3 is 2.19 bits per heavy atom. The minimum Gasteiger partial charge on any atom is -0.480 e. The summed E-state index contributed by atoms with van der Waals surface area (Å²) >= 11 is 1.33. The zero-order valence-corrected chi connectivity index (χ0v) is 16.1. The van der Waals surface area contributed by atoms with Crippen molar-refractivity contribution in [2.75, 3.05) is 5.75 Å². The number of carbonyl (C=O) groups excluding carboxylic acids is 2. The Labute approximate surface area is 161 Å². The van der Waals surface area contributed by atoms with Gasteiger partial charge in [-0.25, -0.2) is 9.59 Å². The van der Waals surface area contributed by atoms with Crippen LogP contribution >= 0.6 is 11.8 Å². The van der Waals surface area contributed by atoms with E-state index in [9.17, 15) is 19.2 Å². The molecule has 0 aliphatic rings. The minimum absolute atomic E-state index is 0.218. The van der Waals surface area contributed by atoms with Crippen molar-refractivity contribution in [2.24, 2.45) is 0 Å². The highest BCUT2D eigenvalue weighted by molar-refractivity contribution is 7.99. The smallest absolute Gasteiger partial charge is 0.327 e. The number of aryl methyl sites for hydroxylation is 1. The molecule has 1 unspecified atom stereocenters. The molecule has 10 heteroatoms. The Morgan fingerprint density at radius 2 is 1.63 bits per heavy atom. The molecule has 0 fully saturated rings. The number of hydrogen-bond acceptors (Lipinski definition) is 5. The van der Waals surface area contributed by atoms with E-state index >= 15 is 0 Å². The van der Waals surface area contributed by atoms with Crippen LogP contribution in [0, 0.1) is 0 Å². The molecule has 4 N–H and O–H groups in total. The topological polar surface area (TPSA) is 138 Å². The van der Waals surface area contributed by atoms with Crippen molar-refractivity contribution < 1.29 is 29.4 Å². The number of carboxylic acid groups (broad SMARTS) is 2. The van der Waals surface area contributed by atoms with Crippen molar-refractivity contribution in [2.45, 2.75) is 56.6 Å². The number of carbonyl (C=O) groups is 4. The van der Waals surface area contributed by atoms with E-state index in [1.54, 1.807) is 0 Å². The van der Waals surface area contributed by atoms with Crippen LogP contribution in [0.5, 0.6) is 0 Å². The molecule has 0 saturated heterocycles. The second-order valence-electron chi connectivity index (χ2n) is 6.07. The van der Waals surface area contributed by atoms with Gasteiger partial charge in [0.25, 0.3) is 0 Å². The molecule has 0 aliphatic carbocycles. The predicted molar refractivity (Wildman–Crippen MR) is 99.5 cm³/mol. The molecule has 1 rings (SSSR count). The molecule has 0 radical (unpaired) electrons. The van der Waals surface area contributed by atoms with Crippen LogP contribution in [0.4, 0.5) is 0 Å². The van der Waals surface area contributed by atoms with Crippen molar-refractivity contribution >= 4 is 35.5 Å². The molecule has 0 bridgehead atoms. The lowest BCUT2D eigenvalue weighted by Gasteiger charge is -2.13. The average molecular weight is 399 g/mol. The van der Waals surface area contributed by atoms with Crippen molar-refractivity contribution in [1.82, 2.24) is 15.2 Å². The summed E-state index contributed by atoms with van der Waals surface area (Å²) in [7, 11) is 0. The fraction of sp³-hybridized carbons (Fsp3) is 0.529. The van der Waals surface area contributed by atoms with E-state index in [0.29, 0.717) is 19.4 Å². The SMILES string of the molecule is CC(=O)NC(CCCCn1ccc(SC[C@H](NC(C)=O)C(=O)O)c1)C(=O)O. The fourth-order valence-electron chi connectivity index (χ4n) is 2.39. The zero-order chi connectivity index (χ0) is 20.4. The Hall–Kier alpha value is -2.49. The van der Waals surface area contributed by atoms with Crippen LogP contribution in [0.15, 0.2) is 23.4 Å². The number of hydrogen-bond donors (Lipinski definition) is 4. The molecule has 1 heterocycles. The fourth-order valence-corrected chi connectivity index (χ4v) is 3.34. The molecular formula is C17H25N3O6S. The second-order valence-corrected chi connectivity index (χ2v) is 7.17. The van der Waals surface area contributed by atoms with Crippen molar-refractivity contribution in [3.63, 3.8) is 0 Å². The summed E-state index contributed by atoms with van der Waals surface area (Å²) in [5.74, 6) is -2.66. The molecule has 0 saturated carbocycles. The number of amides is 2. The van der Waals surface area contributed by atoms with Crippen LogP contribution in [0.1, 0.15) is 33.1 Å². The van der Waals surface area contributed by atoms with Crippen molar-refractivity contribution in [1.29, 1.82) is 0 Å². The second kappa shape index (κ2) is 11.3. The number of aromatic nitrogens is 1. The molecule has 0 aromatic carbocycles. The van der Waals surface area contributed by atoms with Gasteiger partial charge in [0.1, 0.15) is 12.1 Å². The Balaban J connectivity index is 2.39. The first-order valence-electron chi connectivity index (χ1n) is 8.47. The standard InChI is InChI=1S/C17H25N3O6S/c1-11(21)18-14(16(23)24)5-3-4-7-20-8-6-13(9-20)27-10-15(17(25)26)19-12(2)22/h6,8-9,14-15H,3-5,7,10H2,1-2H3,(H,18,21)(H,19,22)(H,23,24)(H,25,26)/t14?,15-/m0/s1. The number of carboxylic acids is 2. The predicted octanol–water partition coefficient (Wildman–Crippen LogP) is 0.929. The first-order chi connectivity index (χ1) is 12.7. The van der Waals surface area contributed by atoms with Gasteiger partial charge in [0.2, 0.25) is 11.8 Å². The van der Waals surface area contributed by atoms with Crippen LogP contribution in [0.25, 0.3) is 0 Å². The monoisotopic (exact) mass is 399 g/mol. The maximum atomic E-state index is 11.1.